The first-order valence-electron chi connectivity index (χ1n) is 8.59. The molecule has 0 amide bonds. The van der Waals surface area contributed by atoms with Crippen molar-refractivity contribution in [3.63, 3.8) is 0 Å². The summed E-state index contributed by atoms with van der Waals surface area (Å²) in [6, 6.07) is 8.60. The van der Waals surface area contributed by atoms with Gasteiger partial charge in [0.25, 0.3) is 0 Å². The molecule has 1 aliphatic carbocycles. The minimum atomic E-state index is 0.720. The van der Waals surface area contributed by atoms with Gasteiger partial charge < -0.3 is 10.6 Å². The number of hydrogen-bond acceptors (Lipinski definition) is 1. The van der Waals surface area contributed by atoms with Crippen LogP contribution in [-0.4, -0.2) is 11.7 Å². The van der Waals surface area contributed by atoms with Crippen LogP contribution >= 0.6 is 12.2 Å². The normalized spacial score (nSPS) is 14.3. The summed E-state index contributed by atoms with van der Waals surface area (Å²) in [4.78, 5) is 0. The summed E-state index contributed by atoms with van der Waals surface area (Å²) in [5.74, 6) is 0. The Morgan fingerprint density at radius 1 is 1.14 bits per heavy atom. The van der Waals surface area contributed by atoms with Crippen LogP contribution in [-0.2, 0) is 6.42 Å². The zero-order valence-electron chi connectivity index (χ0n) is 13.7. The highest BCUT2D eigenvalue weighted by Crippen LogP contribution is 2.19. The highest BCUT2D eigenvalue weighted by molar-refractivity contribution is 7.80. The molecule has 0 fully saturated rings. The first-order valence-corrected chi connectivity index (χ1v) is 9.00. The van der Waals surface area contributed by atoms with Crippen molar-refractivity contribution in [2.75, 3.05) is 11.9 Å². The van der Waals surface area contributed by atoms with Crippen molar-refractivity contribution in [1.29, 1.82) is 0 Å². The number of aryl methyl sites for hydroxylation is 1. The van der Waals surface area contributed by atoms with Crippen molar-refractivity contribution >= 4 is 23.0 Å². The van der Waals surface area contributed by atoms with Gasteiger partial charge in [-0.05, 0) is 74.9 Å². The molecule has 22 heavy (non-hydrogen) atoms. The SMILES string of the molecule is CCCCc1ccc(NC(=S)NCCC2=CCCCC2)cc1. The number of rotatable bonds is 7. The largest absolute Gasteiger partial charge is 0.362 e. The molecule has 0 saturated carbocycles. The molecule has 2 rings (SSSR count). The fourth-order valence-corrected chi connectivity index (χ4v) is 3.00. The standard InChI is InChI=1S/C19H28N2S/c1-2-3-7-17-10-12-18(13-11-17)21-19(22)20-15-14-16-8-5-4-6-9-16/h8,10-13H,2-7,9,14-15H2,1H3,(H2,20,21,22). The van der Waals surface area contributed by atoms with Gasteiger partial charge in [-0.3, -0.25) is 0 Å². The Morgan fingerprint density at radius 3 is 2.64 bits per heavy atom. The van der Waals surface area contributed by atoms with Gasteiger partial charge >= 0.3 is 0 Å². The van der Waals surface area contributed by atoms with E-state index in [0.717, 1.165) is 30.2 Å². The Bertz CT molecular complexity index is 491. The van der Waals surface area contributed by atoms with Crippen LogP contribution in [0.1, 0.15) is 57.4 Å². The summed E-state index contributed by atoms with van der Waals surface area (Å²) < 4.78 is 0. The van der Waals surface area contributed by atoms with Crippen LogP contribution in [0.3, 0.4) is 0 Å². The summed E-state index contributed by atoms with van der Waals surface area (Å²) in [6.07, 6.45) is 12.4. The average Bonchev–Trinajstić information content (AvgIpc) is 2.55. The Kier molecular flexibility index (Phi) is 7.44. The van der Waals surface area contributed by atoms with Crippen molar-refractivity contribution in [3.8, 4) is 0 Å². The number of unbranched alkanes of at least 4 members (excludes halogenated alkanes) is 1. The molecule has 120 valence electrons. The lowest BCUT2D eigenvalue weighted by Crippen LogP contribution is -2.29. The third-order valence-electron chi connectivity index (χ3n) is 4.15. The van der Waals surface area contributed by atoms with E-state index < -0.39 is 0 Å². The molecule has 1 aliphatic rings. The van der Waals surface area contributed by atoms with Gasteiger partial charge in [-0.15, -0.1) is 0 Å². The molecule has 2 N–H and O–H groups in total. The molecule has 2 nitrogen and oxygen atoms in total. The summed E-state index contributed by atoms with van der Waals surface area (Å²) in [5.41, 5.74) is 4.05. The van der Waals surface area contributed by atoms with Crippen LogP contribution in [0.25, 0.3) is 0 Å². The second-order valence-electron chi connectivity index (χ2n) is 6.04. The highest BCUT2D eigenvalue weighted by Gasteiger charge is 2.04. The van der Waals surface area contributed by atoms with Gasteiger partial charge in [-0.25, -0.2) is 0 Å². The van der Waals surface area contributed by atoms with Crippen LogP contribution in [0.15, 0.2) is 35.9 Å². The van der Waals surface area contributed by atoms with E-state index in [4.69, 9.17) is 12.2 Å². The molecule has 0 radical (unpaired) electrons. The fourth-order valence-electron chi connectivity index (χ4n) is 2.78. The smallest absolute Gasteiger partial charge is 0.170 e. The molecular formula is C19H28N2S. The molecule has 0 aromatic heterocycles. The predicted molar refractivity (Wildman–Crippen MR) is 100 cm³/mol. The Hall–Kier alpha value is -1.35. The molecule has 0 bridgehead atoms. The summed E-state index contributed by atoms with van der Waals surface area (Å²) >= 11 is 5.36. The highest BCUT2D eigenvalue weighted by atomic mass is 32.1. The molecule has 1 aromatic carbocycles. The van der Waals surface area contributed by atoms with Crippen LogP contribution in [0.4, 0.5) is 5.69 Å². The van der Waals surface area contributed by atoms with E-state index in [2.05, 4.69) is 47.9 Å². The van der Waals surface area contributed by atoms with E-state index in [1.165, 1.54) is 44.1 Å². The maximum atomic E-state index is 5.36. The van der Waals surface area contributed by atoms with Crippen LogP contribution < -0.4 is 10.6 Å². The monoisotopic (exact) mass is 316 g/mol. The van der Waals surface area contributed by atoms with Crippen molar-refractivity contribution in [3.05, 3.63) is 41.5 Å². The Morgan fingerprint density at radius 2 is 1.95 bits per heavy atom. The van der Waals surface area contributed by atoms with Gasteiger partial charge in [0, 0.05) is 12.2 Å². The van der Waals surface area contributed by atoms with Crippen molar-refractivity contribution in [1.82, 2.24) is 5.32 Å². The summed E-state index contributed by atoms with van der Waals surface area (Å²) in [6.45, 7) is 3.15. The molecule has 3 heteroatoms. The number of hydrogen-bond donors (Lipinski definition) is 2. The maximum absolute atomic E-state index is 5.36. The fraction of sp³-hybridized carbons (Fsp3) is 0.526. The zero-order valence-corrected chi connectivity index (χ0v) is 14.5. The van der Waals surface area contributed by atoms with Gasteiger partial charge in [0.1, 0.15) is 0 Å². The average molecular weight is 317 g/mol. The lowest BCUT2D eigenvalue weighted by atomic mass is 9.97. The Labute approximate surface area is 140 Å². The predicted octanol–water partition coefficient (Wildman–Crippen LogP) is 5.21. The molecule has 0 unspecified atom stereocenters. The third-order valence-corrected chi connectivity index (χ3v) is 4.39. The quantitative estimate of drug-likeness (QED) is 0.533. The van der Waals surface area contributed by atoms with Crippen molar-refractivity contribution in [2.45, 2.75) is 58.3 Å². The molecule has 0 atom stereocenters. The lowest BCUT2D eigenvalue weighted by molar-refractivity contribution is 0.669. The second-order valence-corrected chi connectivity index (χ2v) is 6.45. The third kappa shape index (κ3) is 6.18. The topological polar surface area (TPSA) is 24.1 Å². The summed E-state index contributed by atoms with van der Waals surface area (Å²) in [7, 11) is 0. The molecule has 0 spiro atoms. The molecule has 0 saturated heterocycles. The maximum Gasteiger partial charge on any atom is 0.170 e. The van der Waals surface area contributed by atoms with E-state index in [9.17, 15) is 0 Å². The first-order chi connectivity index (χ1) is 10.8. The molecule has 0 aliphatic heterocycles. The van der Waals surface area contributed by atoms with Crippen LogP contribution in [0.5, 0.6) is 0 Å². The van der Waals surface area contributed by atoms with E-state index in [1.54, 1.807) is 5.57 Å². The van der Waals surface area contributed by atoms with Gasteiger partial charge in [-0.2, -0.15) is 0 Å². The van der Waals surface area contributed by atoms with Gasteiger partial charge in [0.05, 0.1) is 0 Å². The van der Waals surface area contributed by atoms with E-state index >= 15 is 0 Å². The van der Waals surface area contributed by atoms with Crippen LogP contribution in [0.2, 0.25) is 0 Å². The zero-order chi connectivity index (χ0) is 15.6. The van der Waals surface area contributed by atoms with E-state index in [1.807, 2.05) is 0 Å². The van der Waals surface area contributed by atoms with Crippen molar-refractivity contribution in [2.24, 2.45) is 0 Å². The number of allylic oxidation sites excluding steroid dienone is 1. The minimum Gasteiger partial charge on any atom is -0.362 e. The van der Waals surface area contributed by atoms with Gasteiger partial charge in [0.2, 0.25) is 0 Å². The second kappa shape index (κ2) is 9.62. The molecule has 0 heterocycles. The van der Waals surface area contributed by atoms with Gasteiger partial charge in [0.15, 0.2) is 5.11 Å². The van der Waals surface area contributed by atoms with Crippen LogP contribution in [0, 0.1) is 0 Å². The van der Waals surface area contributed by atoms with Crippen molar-refractivity contribution < 1.29 is 0 Å². The minimum absolute atomic E-state index is 0.720. The number of thiocarbonyl (C=S) groups is 1. The Balaban J connectivity index is 1.68. The number of anilines is 1. The molecular weight excluding hydrogens is 288 g/mol. The molecule has 1 aromatic rings. The van der Waals surface area contributed by atoms with E-state index in [0.29, 0.717) is 0 Å². The van der Waals surface area contributed by atoms with E-state index in [-0.39, 0.29) is 0 Å². The number of nitrogens with one attached hydrogen (secondary N) is 2. The number of benzene rings is 1. The lowest BCUT2D eigenvalue weighted by Gasteiger charge is -2.14. The first kappa shape index (κ1) is 17.0. The van der Waals surface area contributed by atoms with Gasteiger partial charge in [-0.1, -0.05) is 37.1 Å². The summed E-state index contributed by atoms with van der Waals surface area (Å²) in [5, 5.41) is 7.29.